The summed E-state index contributed by atoms with van der Waals surface area (Å²) >= 11 is 1.38. The van der Waals surface area contributed by atoms with Gasteiger partial charge in [0.05, 0.1) is 12.1 Å². The topological polar surface area (TPSA) is 356 Å². The summed E-state index contributed by atoms with van der Waals surface area (Å²) < 4.78 is 0. The molecule has 0 radical (unpaired) electrons. The molecule has 10 atom stereocenters. The number of phenolic OH excluding ortho intramolecular Hbond substituents is 1. The van der Waals surface area contributed by atoms with Crippen LogP contribution in [0.15, 0.2) is 54.6 Å². The van der Waals surface area contributed by atoms with E-state index in [0.29, 0.717) is 23.3 Å². The van der Waals surface area contributed by atoms with Gasteiger partial charge in [-0.25, -0.2) is 0 Å². The fourth-order valence-corrected chi connectivity index (χ4v) is 7.18. The molecule has 9 amide bonds. The fraction of sp³-hybridized carbons (Fsp3) is 0.543. The molecule has 376 valence electrons. The van der Waals surface area contributed by atoms with E-state index in [1.165, 1.54) is 37.7 Å². The van der Waals surface area contributed by atoms with Gasteiger partial charge < -0.3 is 64.6 Å². The molecule has 0 spiro atoms. The van der Waals surface area contributed by atoms with Gasteiger partial charge >= 0.3 is 0 Å². The Bertz CT molecular complexity index is 2030. The Morgan fingerprint density at radius 3 is 1.65 bits per heavy atom. The van der Waals surface area contributed by atoms with Gasteiger partial charge in [-0.3, -0.25) is 43.2 Å². The second-order valence-electron chi connectivity index (χ2n) is 17.1. The zero-order chi connectivity index (χ0) is 51.2. The molecular weight excluding hydrogens is 901 g/mol. The second-order valence-corrected chi connectivity index (χ2v) is 18.1. The van der Waals surface area contributed by atoms with Crippen molar-refractivity contribution in [2.75, 3.05) is 12.0 Å². The van der Waals surface area contributed by atoms with E-state index in [1.807, 2.05) is 0 Å². The van der Waals surface area contributed by atoms with Crippen LogP contribution >= 0.6 is 11.8 Å². The number of aliphatic hydroxyl groups is 1. The van der Waals surface area contributed by atoms with Crippen LogP contribution in [0, 0.1) is 11.8 Å². The summed E-state index contributed by atoms with van der Waals surface area (Å²) in [4.78, 5) is 119. The van der Waals surface area contributed by atoms with Gasteiger partial charge in [-0.15, -0.1) is 0 Å². The number of phenols is 1. The molecule has 0 unspecified atom stereocenters. The van der Waals surface area contributed by atoms with Crippen molar-refractivity contribution in [3.05, 3.63) is 65.7 Å². The highest BCUT2D eigenvalue weighted by Gasteiger charge is 2.36. The number of nitrogens with two attached hydrogens (primary N) is 3. The van der Waals surface area contributed by atoms with Gasteiger partial charge in [-0.1, -0.05) is 76.6 Å². The molecular formula is C46H70N10O11S. The molecule has 0 fully saturated rings. The highest BCUT2D eigenvalue weighted by Crippen LogP contribution is 2.14. The van der Waals surface area contributed by atoms with Gasteiger partial charge in [-0.05, 0) is 80.2 Å². The van der Waals surface area contributed by atoms with Gasteiger partial charge in [0.25, 0.3) is 0 Å². The first-order chi connectivity index (χ1) is 32.0. The van der Waals surface area contributed by atoms with Crippen LogP contribution < -0.4 is 54.4 Å². The first-order valence-electron chi connectivity index (χ1n) is 22.4. The number of nitrogens with one attached hydrogen (secondary N) is 7. The summed E-state index contributed by atoms with van der Waals surface area (Å²) in [7, 11) is 0. The Balaban J connectivity index is 2.28. The molecule has 0 aliphatic heterocycles. The SMILES string of the molecule is CC[C@H](C)[C@H](NC(=O)[C@H](C)NC(=O)[C@@H](NC(=O)[C@H](Cc1ccccc1)NC(=O)[C@H](CCSC)NC(=O)[C@@H](NC(=O)[C@@H](N)Cc1ccc(O)cc1)[C@@H](C)O)C(C)C)C(=O)N[C@@H](CCC(N)=O)C(N)=O. The molecule has 0 heterocycles. The highest BCUT2D eigenvalue weighted by atomic mass is 32.2. The van der Waals surface area contributed by atoms with Crippen LogP contribution in [-0.4, -0.2) is 130 Å². The number of rotatable bonds is 29. The van der Waals surface area contributed by atoms with Crippen LogP contribution in [0.3, 0.4) is 0 Å². The van der Waals surface area contributed by atoms with Crippen LogP contribution in [0.1, 0.15) is 78.4 Å². The van der Waals surface area contributed by atoms with E-state index < -0.39 is 119 Å². The number of primary amides is 2. The number of amides is 9. The Labute approximate surface area is 401 Å². The quantitative estimate of drug-likeness (QED) is 0.0443. The summed E-state index contributed by atoms with van der Waals surface area (Å²) in [6.45, 7) is 9.43. The van der Waals surface area contributed by atoms with E-state index in [1.54, 1.807) is 76.4 Å². The Morgan fingerprint density at radius 2 is 1.10 bits per heavy atom. The first kappa shape index (κ1) is 57.9. The van der Waals surface area contributed by atoms with Crippen LogP contribution in [0.25, 0.3) is 0 Å². The Hall–Kier alpha value is -6.26. The van der Waals surface area contributed by atoms with Crippen molar-refractivity contribution in [3.8, 4) is 5.75 Å². The van der Waals surface area contributed by atoms with Crippen molar-refractivity contribution in [1.82, 2.24) is 37.2 Å². The summed E-state index contributed by atoms with van der Waals surface area (Å²) in [5.41, 5.74) is 18.0. The lowest BCUT2D eigenvalue weighted by Crippen LogP contribution is -2.62. The van der Waals surface area contributed by atoms with Gasteiger partial charge in [0.2, 0.25) is 53.2 Å². The smallest absolute Gasteiger partial charge is 0.245 e. The van der Waals surface area contributed by atoms with Crippen molar-refractivity contribution in [3.63, 3.8) is 0 Å². The van der Waals surface area contributed by atoms with Crippen molar-refractivity contribution >= 4 is 64.9 Å². The number of carbonyl (C=O) groups excluding carboxylic acids is 9. The van der Waals surface area contributed by atoms with E-state index >= 15 is 0 Å². The van der Waals surface area contributed by atoms with E-state index in [2.05, 4.69) is 37.2 Å². The average molecular weight is 971 g/mol. The van der Waals surface area contributed by atoms with Gasteiger partial charge in [0.1, 0.15) is 48.0 Å². The zero-order valence-electron chi connectivity index (χ0n) is 39.7. The maximum atomic E-state index is 14.2. The van der Waals surface area contributed by atoms with Gasteiger partial charge in [0, 0.05) is 12.8 Å². The van der Waals surface area contributed by atoms with Gasteiger partial charge in [0.15, 0.2) is 0 Å². The second kappa shape index (κ2) is 28.8. The van der Waals surface area contributed by atoms with E-state index in [9.17, 15) is 53.4 Å². The van der Waals surface area contributed by atoms with E-state index in [0.717, 1.165) is 0 Å². The van der Waals surface area contributed by atoms with Crippen molar-refractivity contribution in [2.24, 2.45) is 29.0 Å². The predicted octanol–water partition coefficient (Wildman–Crippen LogP) is -1.49. The molecule has 21 nitrogen and oxygen atoms in total. The van der Waals surface area contributed by atoms with Crippen LogP contribution in [0.4, 0.5) is 0 Å². The molecule has 2 rings (SSSR count). The number of benzene rings is 2. The molecule has 22 heteroatoms. The van der Waals surface area contributed by atoms with Crippen molar-refractivity contribution in [1.29, 1.82) is 0 Å². The number of hydrogen-bond donors (Lipinski definition) is 12. The number of aliphatic hydroxyl groups excluding tert-OH is 1. The molecule has 15 N–H and O–H groups in total. The Morgan fingerprint density at radius 1 is 0.588 bits per heavy atom. The highest BCUT2D eigenvalue weighted by molar-refractivity contribution is 7.98. The molecule has 2 aromatic rings. The molecule has 0 saturated carbocycles. The third-order valence-electron chi connectivity index (χ3n) is 11.1. The maximum absolute atomic E-state index is 14.2. The summed E-state index contributed by atoms with van der Waals surface area (Å²) in [6, 6.07) is 4.62. The number of carbonyl (C=O) groups is 9. The summed E-state index contributed by atoms with van der Waals surface area (Å²) in [5, 5.41) is 38.3. The molecule has 0 aliphatic rings. The largest absolute Gasteiger partial charge is 0.508 e. The normalized spacial score (nSPS) is 15.6. The predicted molar refractivity (Wildman–Crippen MR) is 256 cm³/mol. The number of aromatic hydroxyl groups is 1. The molecule has 2 aromatic carbocycles. The van der Waals surface area contributed by atoms with Crippen molar-refractivity contribution in [2.45, 2.75) is 135 Å². The minimum Gasteiger partial charge on any atom is -0.508 e. The maximum Gasteiger partial charge on any atom is 0.245 e. The zero-order valence-corrected chi connectivity index (χ0v) is 40.5. The fourth-order valence-electron chi connectivity index (χ4n) is 6.71. The van der Waals surface area contributed by atoms with E-state index in [-0.39, 0.29) is 37.9 Å². The molecule has 0 saturated heterocycles. The lowest BCUT2D eigenvalue weighted by molar-refractivity contribution is -0.136. The van der Waals surface area contributed by atoms with E-state index in [4.69, 9.17) is 17.2 Å². The molecule has 0 bridgehead atoms. The number of thioether (sulfide) groups is 1. The standard InChI is InChI=1S/C46H70N10O11S/c1-8-25(4)37(45(66)51-32(39(49)60)18-19-35(48)59)55-40(61)26(5)50-44(65)36(24(2)3)54-43(64)34(23-28-12-10-9-11-13-28)53-42(63)33(20-21-68-7)52-46(67)38(27(6)57)56-41(62)31(47)22-29-14-16-30(58)17-15-29/h9-17,24-27,31-34,36-38,57-58H,8,18-23,47H2,1-7H3,(H2,48,59)(H2,49,60)(H,50,65)(H,51,66)(H,52,67)(H,53,63)(H,54,64)(H,55,61)(H,56,62)/t25-,26-,27+,31-,32-,33-,34-,36-,37-,38-/m0/s1. The van der Waals surface area contributed by atoms with Crippen LogP contribution in [0.2, 0.25) is 0 Å². The summed E-state index contributed by atoms with van der Waals surface area (Å²) in [6.07, 6.45) is 0.509. The Kier molecular flexibility index (Phi) is 24.5. The minimum absolute atomic E-state index is 0.0275. The molecule has 68 heavy (non-hydrogen) atoms. The van der Waals surface area contributed by atoms with Crippen LogP contribution in [-0.2, 0) is 56.0 Å². The number of hydrogen-bond acceptors (Lipinski definition) is 13. The van der Waals surface area contributed by atoms with Gasteiger partial charge in [-0.2, -0.15) is 11.8 Å². The molecule has 0 aromatic heterocycles. The lowest BCUT2D eigenvalue weighted by atomic mass is 9.97. The van der Waals surface area contributed by atoms with Crippen LogP contribution in [0.5, 0.6) is 5.75 Å². The monoisotopic (exact) mass is 970 g/mol. The summed E-state index contributed by atoms with van der Waals surface area (Å²) in [5.74, 6) is -7.66. The third-order valence-corrected chi connectivity index (χ3v) is 11.7. The average Bonchev–Trinajstić information content (AvgIpc) is 3.28. The molecule has 0 aliphatic carbocycles. The minimum atomic E-state index is -1.53. The third kappa shape index (κ3) is 19.5. The first-order valence-corrected chi connectivity index (χ1v) is 23.8. The van der Waals surface area contributed by atoms with Crippen molar-refractivity contribution < 1.29 is 53.4 Å². The lowest BCUT2D eigenvalue weighted by Gasteiger charge is -2.29.